The molecule has 2 aromatic carbocycles. The number of fused-ring (bicyclic) bond motifs is 1. The summed E-state index contributed by atoms with van der Waals surface area (Å²) >= 11 is 3.51. The number of rotatable bonds is 3. The van der Waals surface area contributed by atoms with Gasteiger partial charge in [0.2, 0.25) is 5.95 Å². The molecule has 1 N–H and O–H groups in total. The number of methoxy groups -OCH3 is 1. The zero-order valence-electron chi connectivity index (χ0n) is 17.6. The lowest BCUT2D eigenvalue weighted by atomic mass is 9.73. The van der Waals surface area contributed by atoms with Crippen molar-refractivity contribution < 1.29 is 9.53 Å². The van der Waals surface area contributed by atoms with Gasteiger partial charge in [0.25, 0.3) is 0 Å². The predicted octanol–water partition coefficient (Wildman–Crippen LogP) is 5.37. The molecule has 0 fully saturated rings. The highest BCUT2D eigenvalue weighted by Crippen LogP contribution is 2.45. The minimum atomic E-state index is -0.310. The van der Waals surface area contributed by atoms with Crippen LogP contribution in [0.25, 0.3) is 11.4 Å². The molecule has 1 atom stereocenters. The number of hydrogen-bond donors (Lipinski definition) is 1. The number of anilines is 1. The number of aromatic nitrogens is 3. The number of carbonyl (C=O) groups is 1. The lowest BCUT2D eigenvalue weighted by Gasteiger charge is -2.38. The smallest absolute Gasteiger partial charge is 0.226 e. The molecule has 0 saturated heterocycles. The van der Waals surface area contributed by atoms with E-state index in [0.29, 0.717) is 18.2 Å². The molecule has 5 rings (SSSR count). The quantitative estimate of drug-likeness (QED) is 0.547. The summed E-state index contributed by atoms with van der Waals surface area (Å²) in [6.45, 7) is 4.26. The Bertz CT molecular complexity index is 1210. The van der Waals surface area contributed by atoms with Crippen LogP contribution in [0.1, 0.15) is 38.3 Å². The van der Waals surface area contributed by atoms with Crippen molar-refractivity contribution in [2.45, 2.75) is 32.7 Å². The molecule has 2 aliphatic rings. The molecule has 0 radical (unpaired) electrons. The highest BCUT2D eigenvalue weighted by molar-refractivity contribution is 9.10. The van der Waals surface area contributed by atoms with Gasteiger partial charge in [0.05, 0.1) is 7.11 Å². The van der Waals surface area contributed by atoms with Crippen LogP contribution in [0.5, 0.6) is 5.75 Å². The van der Waals surface area contributed by atoms with Gasteiger partial charge in [-0.25, -0.2) is 4.68 Å². The minimum Gasteiger partial charge on any atom is -0.497 e. The van der Waals surface area contributed by atoms with Crippen molar-refractivity contribution in [3.8, 4) is 17.1 Å². The highest BCUT2D eigenvalue weighted by atomic mass is 79.9. The summed E-state index contributed by atoms with van der Waals surface area (Å²) in [5, 5.41) is 8.25. The maximum absolute atomic E-state index is 13.3. The van der Waals surface area contributed by atoms with Crippen molar-refractivity contribution >= 4 is 27.7 Å². The van der Waals surface area contributed by atoms with E-state index in [2.05, 4.69) is 35.1 Å². The zero-order valence-corrected chi connectivity index (χ0v) is 19.2. The number of nitrogens with one attached hydrogen (secondary N) is 1. The van der Waals surface area contributed by atoms with Crippen molar-refractivity contribution in [3.05, 3.63) is 69.8 Å². The molecule has 1 aliphatic heterocycles. The second-order valence-electron chi connectivity index (χ2n) is 8.85. The Morgan fingerprint density at radius 3 is 2.68 bits per heavy atom. The first kappa shape index (κ1) is 20.0. The first-order valence-corrected chi connectivity index (χ1v) is 11.0. The van der Waals surface area contributed by atoms with Gasteiger partial charge in [-0.3, -0.25) is 4.79 Å². The van der Waals surface area contributed by atoms with E-state index in [4.69, 9.17) is 14.8 Å². The summed E-state index contributed by atoms with van der Waals surface area (Å²) in [5.74, 6) is 2.15. The van der Waals surface area contributed by atoms with Gasteiger partial charge in [-0.2, -0.15) is 4.98 Å². The van der Waals surface area contributed by atoms with E-state index in [-0.39, 0.29) is 17.2 Å². The molecule has 31 heavy (non-hydrogen) atoms. The summed E-state index contributed by atoms with van der Waals surface area (Å²) in [6.07, 6.45) is 1.32. The molecule has 2 heterocycles. The number of ether oxygens (including phenoxy) is 1. The zero-order chi connectivity index (χ0) is 21.8. The molecule has 0 spiro atoms. The fourth-order valence-electron chi connectivity index (χ4n) is 4.45. The lowest BCUT2D eigenvalue weighted by Crippen LogP contribution is -2.36. The maximum atomic E-state index is 13.3. The molecule has 158 valence electrons. The number of carbonyl (C=O) groups excluding carboxylic acids is 1. The topological polar surface area (TPSA) is 69.0 Å². The second-order valence-corrected chi connectivity index (χ2v) is 9.76. The Hall–Kier alpha value is -2.93. The summed E-state index contributed by atoms with van der Waals surface area (Å²) < 4.78 is 8.19. The number of halogens is 1. The molecule has 1 aromatic heterocycles. The lowest BCUT2D eigenvalue weighted by molar-refractivity contribution is -0.118. The van der Waals surface area contributed by atoms with E-state index in [1.165, 1.54) is 0 Å². The third-order valence-electron chi connectivity index (χ3n) is 5.85. The second kappa shape index (κ2) is 7.34. The van der Waals surface area contributed by atoms with E-state index in [9.17, 15) is 4.79 Å². The third kappa shape index (κ3) is 3.57. The number of Topliss-reactive ketones (excluding diaryl/α,β-unsaturated/α-hetero) is 1. The number of nitrogens with zero attached hydrogens (tertiary/aromatic N) is 3. The van der Waals surface area contributed by atoms with E-state index in [1.807, 2.05) is 53.2 Å². The molecule has 0 saturated carbocycles. The Balaban J connectivity index is 1.67. The van der Waals surface area contributed by atoms with Crippen molar-refractivity contribution in [1.82, 2.24) is 14.8 Å². The summed E-state index contributed by atoms with van der Waals surface area (Å²) in [4.78, 5) is 18.1. The SMILES string of the molecule is COc1cccc(-c2nc3n(n2)C(c2ccc(Br)cc2)C2=C(CC(C)(C)CC2=O)N3)c1. The Labute approximate surface area is 189 Å². The standard InChI is InChI=1S/C24H23BrN4O2/c1-24(2)12-18-20(19(30)13-24)21(14-7-9-16(25)10-8-14)29-23(26-18)27-22(28-29)15-5-4-6-17(11-15)31-3/h4-11,21H,12-13H2,1-3H3,(H,26,27,28). The Morgan fingerprint density at radius 1 is 1.16 bits per heavy atom. The van der Waals surface area contributed by atoms with Gasteiger partial charge >= 0.3 is 0 Å². The van der Waals surface area contributed by atoms with Gasteiger partial charge in [0.1, 0.15) is 11.8 Å². The molecular weight excluding hydrogens is 456 g/mol. The highest BCUT2D eigenvalue weighted by Gasteiger charge is 2.41. The first-order chi connectivity index (χ1) is 14.8. The van der Waals surface area contributed by atoms with Gasteiger partial charge in [-0.15, -0.1) is 5.10 Å². The average Bonchev–Trinajstić information content (AvgIpc) is 3.16. The summed E-state index contributed by atoms with van der Waals surface area (Å²) in [5.41, 5.74) is 3.52. The Morgan fingerprint density at radius 2 is 1.94 bits per heavy atom. The van der Waals surface area contributed by atoms with Crippen LogP contribution in [0.15, 0.2) is 64.3 Å². The largest absolute Gasteiger partial charge is 0.497 e. The van der Waals surface area contributed by atoms with Crippen LogP contribution in [0.4, 0.5) is 5.95 Å². The van der Waals surface area contributed by atoms with E-state index in [0.717, 1.165) is 39.0 Å². The maximum Gasteiger partial charge on any atom is 0.226 e. The van der Waals surface area contributed by atoms with Gasteiger partial charge < -0.3 is 10.1 Å². The minimum absolute atomic E-state index is 0.0923. The monoisotopic (exact) mass is 478 g/mol. The number of benzene rings is 2. The van der Waals surface area contributed by atoms with E-state index >= 15 is 0 Å². The van der Waals surface area contributed by atoms with Crippen molar-refractivity contribution in [1.29, 1.82) is 0 Å². The van der Waals surface area contributed by atoms with E-state index < -0.39 is 0 Å². The van der Waals surface area contributed by atoms with Crippen LogP contribution in [0, 0.1) is 5.41 Å². The van der Waals surface area contributed by atoms with Gasteiger partial charge in [-0.05, 0) is 41.7 Å². The average molecular weight is 479 g/mol. The van der Waals surface area contributed by atoms with E-state index in [1.54, 1.807) is 7.11 Å². The fourth-order valence-corrected chi connectivity index (χ4v) is 4.71. The number of allylic oxidation sites excluding steroid dienone is 2. The number of hydrogen-bond acceptors (Lipinski definition) is 5. The Kier molecular flexibility index (Phi) is 4.73. The summed E-state index contributed by atoms with van der Waals surface area (Å²) in [7, 11) is 1.64. The van der Waals surface area contributed by atoms with Crippen LogP contribution in [-0.4, -0.2) is 27.7 Å². The molecule has 0 amide bonds. The first-order valence-electron chi connectivity index (χ1n) is 10.2. The van der Waals surface area contributed by atoms with Crippen molar-refractivity contribution in [2.24, 2.45) is 5.41 Å². The molecule has 1 unspecified atom stereocenters. The molecule has 0 bridgehead atoms. The molecule has 7 heteroatoms. The molecule has 1 aliphatic carbocycles. The van der Waals surface area contributed by atoms with Crippen LogP contribution < -0.4 is 10.1 Å². The molecular formula is C24H23BrN4O2. The molecule has 3 aromatic rings. The van der Waals surface area contributed by atoms with Crippen LogP contribution in [0.3, 0.4) is 0 Å². The van der Waals surface area contributed by atoms with Crippen LogP contribution in [0.2, 0.25) is 0 Å². The molecule has 6 nitrogen and oxygen atoms in total. The summed E-state index contributed by atoms with van der Waals surface area (Å²) in [6, 6.07) is 15.4. The fraction of sp³-hybridized carbons (Fsp3) is 0.292. The van der Waals surface area contributed by atoms with Crippen molar-refractivity contribution in [3.63, 3.8) is 0 Å². The van der Waals surface area contributed by atoms with Crippen molar-refractivity contribution in [2.75, 3.05) is 12.4 Å². The van der Waals surface area contributed by atoms with Gasteiger partial charge in [-0.1, -0.05) is 54.0 Å². The van der Waals surface area contributed by atoms with Gasteiger partial charge in [0.15, 0.2) is 11.6 Å². The predicted molar refractivity (Wildman–Crippen MR) is 123 cm³/mol. The number of ketones is 1. The van der Waals surface area contributed by atoms with Crippen LogP contribution >= 0.6 is 15.9 Å². The normalized spacial score (nSPS) is 19.5. The third-order valence-corrected chi connectivity index (χ3v) is 6.37. The van der Waals surface area contributed by atoms with Gasteiger partial charge in [0, 0.05) is 27.7 Å². The van der Waals surface area contributed by atoms with Crippen LogP contribution in [-0.2, 0) is 4.79 Å².